The van der Waals surface area contributed by atoms with Crippen molar-refractivity contribution in [2.45, 2.75) is 30.5 Å². The maximum Gasteiger partial charge on any atom is 0.123 e. The molecule has 0 aliphatic carbocycles. The summed E-state index contributed by atoms with van der Waals surface area (Å²) in [6, 6.07) is 6.11. The number of β-amino-alcohol motifs (C(OH)–C–C–N with tert-alkyl or cyclic N) is 1. The summed E-state index contributed by atoms with van der Waals surface area (Å²) in [6.07, 6.45) is -0.534. The third-order valence-electron chi connectivity index (χ3n) is 3.18. The van der Waals surface area contributed by atoms with Gasteiger partial charge in [-0.2, -0.15) is 11.8 Å². The number of hydrogen-bond donors (Lipinski definition) is 1. The first-order valence-electron chi connectivity index (χ1n) is 6.36. The lowest BCUT2D eigenvalue weighted by atomic mass is 10.1. The molecular weight excluding hydrogens is 249 g/mol. The Kier molecular flexibility index (Phi) is 4.65. The molecule has 1 aromatic carbocycles. The third kappa shape index (κ3) is 3.70. The number of rotatable bonds is 3. The largest absolute Gasteiger partial charge is 0.387 e. The standard InChI is InChI=1S/C14H20FNOS/c1-10-7-16(8-11(2)18-10)9-14(17)12-3-5-13(15)6-4-12/h3-6,10-11,14,17H,7-9H2,1-2H3. The highest BCUT2D eigenvalue weighted by Crippen LogP contribution is 2.26. The normalized spacial score (nSPS) is 27.1. The first-order valence-corrected chi connectivity index (χ1v) is 7.30. The number of halogens is 1. The second kappa shape index (κ2) is 6.04. The van der Waals surface area contributed by atoms with Gasteiger partial charge in [0.1, 0.15) is 5.82 Å². The van der Waals surface area contributed by atoms with Crippen LogP contribution in [0, 0.1) is 5.82 Å². The topological polar surface area (TPSA) is 23.5 Å². The average Bonchev–Trinajstić information content (AvgIpc) is 2.28. The van der Waals surface area contributed by atoms with Crippen LogP contribution in [0.3, 0.4) is 0 Å². The molecule has 0 saturated carbocycles. The maximum absolute atomic E-state index is 12.8. The van der Waals surface area contributed by atoms with Gasteiger partial charge in [-0.25, -0.2) is 4.39 Å². The van der Waals surface area contributed by atoms with Crippen LogP contribution >= 0.6 is 11.8 Å². The van der Waals surface area contributed by atoms with Crippen molar-refractivity contribution in [3.05, 3.63) is 35.6 Å². The van der Waals surface area contributed by atoms with Crippen molar-refractivity contribution in [3.8, 4) is 0 Å². The Morgan fingerprint density at radius 3 is 2.39 bits per heavy atom. The summed E-state index contributed by atoms with van der Waals surface area (Å²) in [7, 11) is 0. The number of thioether (sulfide) groups is 1. The molecule has 3 atom stereocenters. The molecule has 4 heteroatoms. The summed E-state index contributed by atoms with van der Waals surface area (Å²) in [4.78, 5) is 2.29. The summed E-state index contributed by atoms with van der Waals surface area (Å²) in [6.45, 7) is 7.08. The van der Waals surface area contributed by atoms with E-state index < -0.39 is 6.10 Å². The predicted molar refractivity (Wildman–Crippen MR) is 74.3 cm³/mol. The number of aliphatic hydroxyl groups is 1. The molecule has 1 aliphatic heterocycles. The minimum atomic E-state index is -0.534. The summed E-state index contributed by atoms with van der Waals surface area (Å²) in [5.41, 5.74) is 0.787. The number of nitrogens with zero attached hydrogens (tertiary/aromatic N) is 1. The highest BCUT2D eigenvalue weighted by Gasteiger charge is 2.24. The molecule has 1 saturated heterocycles. The van der Waals surface area contributed by atoms with Crippen LogP contribution in [0.2, 0.25) is 0 Å². The highest BCUT2D eigenvalue weighted by atomic mass is 32.2. The van der Waals surface area contributed by atoms with Gasteiger partial charge in [-0.1, -0.05) is 26.0 Å². The number of benzene rings is 1. The third-order valence-corrected chi connectivity index (χ3v) is 4.41. The smallest absolute Gasteiger partial charge is 0.123 e. The molecule has 18 heavy (non-hydrogen) atoms. The van der Waals surface area contributed by atoms with Crippen molar-refractivity contribution in [3.63, 3.8) is 0 Å². The Bertz CT molecular complexity index is 374. The first kappa shape index (κ1) is 13.8. The fourth-order valence-electron chi connectivity index (χ4n) is 2.47. The average molecular weight is 269 g/mol. The van der Waals surface area contributed by atoms with E-state index in [2.05, 4.69) is 18.7 Å². The number of aliphatic hydroxyl groups excluding tert-OH is 1. The minimum absolute atomic E-state index is 0.262. The lowest BCUT2D eigenvalue weighted by molar-refractivity contribution is 0.112. The fraction of sp³-hybridized carbons (Fsp3) is 0.571. The van der Waals surface area contributed by atoms with Gasteiger partial charge in [0.15, 0.2) is 0 Å². The molecule has 100 valence electrons. The predicted octanol–water partition coefficient (Wildman–Crippen LogP) is 2.68. The zero-order chi connectivity index (χ0) is 13.1. The summed E-state index contributed by atoms with van der Waals surface area (Å²) in [5.74, 6) is -0.262. The second-order valence-electron chi connectivity index (χ2n) is 5.04. The SMILES string of the molecule is CC1CN(CC(O)c2ccc(F)cc2)CC(C)S1. The van der Waals surface area contributed by atoms with Gasteiger partial charge in [0.2, 0.25) is 0 Å². The molecule has 1 aliphatic rings. The Hall–Kier alpha value is -0.580. The Morgan fingerprint density at radius 1 is 1.28 bits per heavy atom. The molecule has 1 fully saturated rings. The molecule has 1 aromatic rings. The maximum atomic E-state index is 12.8. The molecule has 0 bridgehead atoms. The molecule has 0 aromatic heterocycles. The minimum Gasteiger partial charge on any atom is -0.387 e. The van der Waals surface area contributed by atoms with Crippen LogP contribution in [-0.4, -0.2) is 40.1 Å². The van der Waals surface area contributed by atoms with Gasteiger partial charge in [0.25, 0.3) is 0 Å². The van der Waals surface area contributed by atoms with E-state index in [1.807, 2.05) is 11.8 Å². The van der Waals surface area contributed by atoms with Gasteiger partial charge in [-0.15, -0.1) is 0 Å². The highest BCUT2D eigenvalue weighted by molar-refractivity contribution is 8.00. The molecule has 0 radical (unpaired) electrons. The van der Waals surface area contributed by atoms with E-state index in [0.29, 0.717) is 17.0 Å². The van der Waals surface area contributed by atoms with Crippen molar-refractivity contribution in [2.75, 3.05) is 19.6 Å². The molecule has 3 unspecified atom stereocenters. The molecule has 1 N–H and O–H groups in total. The van der Waals surface area contributed by atoms with E-state index in [-0.39, 0.29) is 5.82 Å². The monoisotopic (exact) mass is 269 g/mol. The Balaban J connectivity index is 1.94. The van der Waals surface area contributed by atoms with Gasteiger partial charge >= 0.3 is 0 Å². The molecule has 2 nitrogen and oxygen atoms in total. The Morgan fingerprint density at radius 2 is 1.83 bits per heavy atom. The van der Waals surface area contributed by atoms with E-state index in [4.69, 9.17) is 0 Å². The van der Waals surface area contributed by atoms with Crippen molar-refractivity contribution < 1.29 is 9.50 Å². The van der Waals surface area contributed by atoms with Crippen LogP contribution in [0.1, 0.15) is 25.5 Å². The molecular formula is C14H20FNOS. The van der Waals surface area contributed by atoms with Gasteiger partial charge in [-0.05, 0) is 17.7 Å². The van der Waals surface area contributed by atoms with E-state index in [0.717, 1.165) is 18.7 Å². The van der Waals surface area contributed by atoms with Crippen LogP contribution in [0.25, 0.3) is 0 Å². The lowest BCUT2D eigenvalue weighted by Gasteiger charge is -2.35. The van der Waals surface area contributed by atoms with Gasteiger partial charge in [-0.3, -0.25) is 4.90 Å². The van der Waals surface area contributed by atoms with Crippen molar-refractivity contribution in [1.82, 2.24) is 4.90 Å². The van der Waals surface area contributed by atoms with Crippen molar-refractivity contribution in [2.24, 2.45) is 0 Å². The zero-order valence-corrected chi connectivity index (χ0v) is 11.7. The molecule has 0 spiro atoms. The van der Waals surface area contributed by atoms with Crippen LogP contribution in [0.15, 0.2) is 24.3 Å². The summed E-state index contributed by atoms with van der Waals surface area (Å²) in [5, 5.41) is 11.4. The van der Waals surface area contributed by atoms with Crippen molar-refractivity contribution in [1.29, 1.82) is 0 Å². The van der Waals surface area contributed by atoms with Gasteiger partial charge in [0, 0.05) is 30.1 Å². The zero-order valence-electron chi connectivity index (χ0n) is 10.8. The quantitative estimate of drug-likeness (QED) is 0.912. The first-order chi connectivity index (χ1) is 8.54. The molecule has 0 amide bonds. The van der Waals surface area contributed by atoms with E-state index in [1.54, 1.807) is 12.1 Å². The van der Waals surface area contributed by atoms with Gasteiger partial charge in [0.05, 0.1) is 6.10 Å². The van der Waals surface area contributed by atoms with E-state index in [9.17, 15) is 9.50 Å². The van der Waals surface area contributed by atoms with Crippen molar-refractivity contribution >= 4 is 11.8 Å². The molecule has 1 heterocycles. The summed E-state index contributed by atoms with van der Waals surface area (Å²) >= 11 is 2.00. The van der Waals surface area contributed by atoms with Gasteiger partial charge < -0.3 is 5.11 Å². The Labute approximate surface area is 112 Å². The number of hydrogen-bond acceptors (Lipinski definition) is 3. The van der Waals surface area contributed by atoms with Crippen LogP contribution in [0.5, 0.6) is 0 Å². The van der Waals surface area contributed by atoms with Crippen LogP contribution in [0.4, 0.5) is 4.39 Å². The van der Waals surface area contributed by atoms with E-state index in [1.165, 1.54) is 12.1 Å². The fourth-order valence-corrected chi connectivity index (χ4v) is 3.86. The lowest BCUT2D eigenvalue weighted by Crippen LogP contribution is -2.42. The molecule has 2 rings (SSSR count). The van der Waals surface area contributed by atoms with Crippen LogP contribution < -0.4 is 0 Å². The van der Waals surface area contributed by atoms with Crippen LogP contribution in [-0.2, 0) is 0 Å². The summed E-state index contributed by atoms with van der Waals surface area (Å²) < 4.78 is 12.8. The van der Waals surface area contributed by atoms with E-state index >= 15 is 0 Å². The second-order valence-corrected chi connectivity index (χ2v) is 6.92.